The molecular formula is C19H19N3O2S. The van der Waals surface area contributed by atoms with Crippen LogP contribution in [0.15, 0.2) is 45.5 Å². The van der Waals surface area contributed by atoms with Crippen LogP contribution in [0.25, 0.3) is 0 Å². The number of benzene rings is 1. The third-order valence-corrected chi connectivity index (χ3v) is 5.39. The smallest absolute Gasteiger partial charge is 0.257 e. The SMILES string of the molecule is CSc1nc2c(c(=O)[nH]1)C(c1cccc(C)c1)C1=C(CCCC1=O)N2. The predicted molar refractivity (Wildman–Crippen MR) is 99.2 cm³/mol. The van der Waals surface area contributed by atoms with Gasteiger partial charge >= 0.3 is 0 Å². The highest BCUT2D eigenvalue weighted by molar-refractivity contribution is 7.98. The molecule has 5 nitrogen and oxygen atoms in total. The molecule has 1 aromatic carbocycles. The van der Waals surface area contributed by atoms with E-state index in [1.54, 1.807) is 0 Å². The number of hydrogen-bond acceptors (Lipinski definition) is 5. The molecule has 1 atom stereocenters. The van der Waals surface area contributed by atoms with Crippen molar-refractivity contribution in [2.75, 3.05) is 11.6 Å². The molecule has 0 amide bonds. The number of fused-ring (bicyclic) bond motifs is 1. The van der Waals surface area contributed by atoms with Gasteiger partial charge in [0.2, 0.25) is 0 Å². The molecule has 2 aromatic rings. The van der Waals surface area contributed by atoms with Gasteiger partial charge in [0.25, 0.3) is 5.56 Å². The monoisotopic (exact) mass is 353 g/mol. The number of carbonyl (C=O) groups is 1. The van der Waals surface area contributed by atoms with Gasteiger partial charge in [0.05, 0.1) is 5.56 Å². The van der Waals surface area contributed by atoms with E-state index in [0.29, 0.717) is 23.0 Å². The van der Waals surface area contributed by atoms with Crippen LogP contribution < -0.4 is 10.9 Å². The van der Waals surface area contributed by atoms with Crippen molar-refractivity contribution < 1.29 is 4.79 Å². The number of thioether (sulfide) groups is 1. The number of rotatable bonds is 2. The Morgan fingerprint density at radius 2 is 2.08 bits per heavy atom. The maximum atomic E-state index is 12.8. The van der Waals surface area contributed by atoms with Gasteiger partial charge in [-0.1, -0.05) is 41.6 Å². The van der Waals surface area contributed by atoms with Crippen molar-refractivity contribution in [2.45, 2.75) is 37.3 Å². The van der Waals surface area contributed by atoms with Gasteiger partial charge in [0.1, 0.15) is 5.82 Å². The molecule has 4 rings (SSSR count). The van der Waals surface area contributed by atoms with Crippen LogP contribution in [0.3, 0.4) is 0 Å². The van der Waals surface area contributed by atoms with Crippen molar-refractivity contribution in [3.8, 4) is 0 Å². The van der Waals surface area contributed by atoms with Crippen LogP contribution >= 0.6 is 11.8 Å². The van der Waals surface area contributed by atoms with E-state index >= 15 is 0 Å². The Morgan fingerprint density at radius 1 is 1.24 bits per heavy atom. The number of hydrogen-bond donors (Lipinski definition) is 2. The van der Waals surface area contributed by atoms with Crippen molar-refractivity contribution in [1.82, 2.24) is 9.97 Å². The van der Waals surface area contributed by atoms with Gasteiger partial charge in [-0.3, -0.25) is 9.59 Å². The van der Waals surface area contributed by atoms with Gasteiger partial charge in [-0.15, -0.1) is 0 Å². The van der Waals surface area contributed by atoms with E-state index in [-0.39, 0.29) is 17.3 Å². The molecule has 1 aliphatic carbocycles. The van der Waals surface area contributed by atoms with Crippen molar-refractivity contribution in [3.05, 3.63) is 62.6 Å². The molecule has 0 bridgehead atoms. The van der Waals surface area contributed by atoms with Crippen molar-refractivity contribution >= 4 is 23.4 Å². The number of carbonyl (C=O) groups excluding carboxylic acids is 1. The number of aromatic amines is 1. The standard InChI is InChI=1S/C19H19N3O2S/c1-10-5-3-6-11(9-10)14-15-12(7-4-8-13(15)23)20-17-16(14)18(24)22-19(21-17)25-2/h3,5-6,9,14H,4,7-8H2,1-2H3,(H2,20,21,22,24). The number of ketones is 1. The fraction of sp³-hybridized carbons (Fsp3) is 0.316. The Morgan fingerprint density at radius 3 is 2.84 bits per heavy atom. The Balaban J connectivity index is 2.00. The maximum Gasteiger partial charge on any atom is 0.257 e. The van der Waals surface area contributed by atoms with E-state index in [9.17, 15) is 9.59 Å². The van der Waals surface area contributed by atoms with Gasteiger partial charge in [-0.05, 0) is 31.6 Å². The van der Waals surface area contributed by atoms with Crippen LogP contribution in [0, 0.1) is 6.92 Å². The number of nitrogens with one attached hydrogen (secondary N) is 2. The lowest BCUT2D eigenvalue weighted by Gasteiger charge is -2.32. The zero-order valence-corrected chi connectivity index (χ0v) is 15.0. The van der Waals surface area contributed by atoms with Crippen LogP contribution in [0.4, 0.5) is 5.82 Å². The molecule has 6 heteroatoms. The fourth-order valence-corrected chi connectivity index (χ4v) is 4.10. The largest absolute Gasteiger partial charge is 0.343 e. The molecule has 1 aliphatic heterocycles. The molecule has 1 aromatic heterocycles. The van der Waals surface area contributed by atoms with Gasteiger partial charge < -0.3 is 10.3 Å². The lowest BCUT2D eigenvalue weighted by molar-refractivity contribution is -0.116. The third kappa shape index (κ3) is 2.70. The van der Waals surface area contributed by atoms with E-state index in [1.165, 1.54) is 11.8 Å². The molecule has 25 heavy (non-hydrogen) atoms. The van der Waals surface area contributed by atoms with Gasteiger partial charge in [-0.2, -0.15) is 0 Å². The first kappa shape index (κ1) is 16.1. The Hall–Kier alpha value is -2.34. The minimum atomic E-state index is -0.355. The average Bonchev–Trinajstić information content (AvgIpc) is 2.60. The first-order valence-corrected chi connectivity index (χ1v) is 9.59. The molecule has 0 spiro atoms. The minimum Gasteiger partial charge on any atom is -0.343 e. The van der Waals surface area contributed by atoms with Crippen molar-refractivity contribution in [1.29, 1.82) is 0 Å². The Labute approximate surface area is 150 Å². The maximum absolute atomic E-state index is 12.8. The molecule has 0 fully saturated rings. The Bertz CT molecular complexity index is 961. The van der Waals surface area contributed by atoms with E-state index < -0.39 is 0 Å². The predicted octanol–water partition coefficient (Wildman–Crippen LogP) is 3.36. The second kappa shape index (κ2) is 6.19. The highest BCUT2D eigenvalue weighted by Crippen LogP contribution is 2.43. The normalized spacial score (nSPS) is 19.3. The van der Waals surface area contributed by atoms with E-state index in [1.807, 2.05) is 37.4 Å². The van der Waals surface area contributed by atoms with E-state index in [4.69, 9.17) is 0 Å². The molecule has 0 radical (unpaired) electrons. The summed E-state index contributed by atoms with van der Waals surface area (Å²) in [5.74, 6) is 0.346. The summed E-state index contributed by atoms with van der Waals surface area (Å²) in [5, 5.41) is 3.85. The number of H-pyrrole nitrogens is 1. The molecule has 1 unspecified atom stereocenters. The number of anilines is 1. The number of nitrogens with zero attached hydrogens (tertiary/aromatic N) is 1. The van der Waals surface area contributed by atoms with Crippen LogP contribution in [0.5, 0.6) is 0 Å². The summed E-state index contributed by atoms with van der Waals surface area (Å²) in [4.78, 5) is 32.9. The van der Waals surface area contributed by atoms with Crippen LogP contribution in [-0.4, -0.2) is 22.0 Å². The van der Waals surface area contributed by atoms with Crippen molar-refractivity contribution in [2.24, 2.45) is 0 Å². The van der Waals surface area contributed by atoms with E-state index in [0.717, 1.165) is 35.2 Å². The summed E-state index contributed by atoms with van der Waals surface area (Å²) in [6, 6.07) is 8.02. The molecule has 0 saturated carbocycles. The molecule has 128 valence electrons. The summed E-state index contributed by atoms with van der Waals surface area (Å²) in [6.45, 7) is 2.02. The highest BCUT2D eigenvalue weighted by Gasteiger charge is 2.37. The van der Waals surface area contributed by atoms with Crippen LogP contribution in [0.1, 0.15) is 41.9 Å². The quantitative estimate of drug-likeness (QED) is 0.640. The molecule has 2 heterocycles. The summed E-state index contributed by atoms with van der Waals surface area (Å²) >= 11 is 1.40. The topological polar surface area (TPSA) is 74.8 Å². The first-order chi connectivity index (χ1) is 12.1. The molecule has 2 aliphatic rings. The molecular weight excluding hydrogens is 334 g/mol. The third-order valence-electron chi connectivity index (χ3n) is 4.81. The lowest BCUT2D eigenvalue weighted by Crippen LogP contribution is -2.32. The molecule has 0 saturated heterocycles. The summed E-state index contributed by atoms with van der Waals surface area (Å²) in [6.07, 6.45) is 4.05. The first-order valence-electron chi connectivity index (χ1n) is 8.36. The number of allylic oxidation sites excluding steroid dienone is 2. The minimum absolute atomic E-state index is 0.124. The summed E-state index contributed by atoms with van der Waals surface area (Å²) in [7, 11) is 0. The average molecular weight is 353 g/mol. The number of aryl methyl sites for hydroxylation is 1. The summed E-state index contributed by atoms with van der Waals surface area (Å²) < 4.78 is 0. The second-order valence-corrected chi connectivity index (χ2v) is 7.27. The van der Waals surface area contributed by atoms with E-state index in [2.05, 4.69) is 15.3 Å². The second-order valence-electron chi connectivity index (χ2n) is 6.48. The van der Waals surface area contributed by atoms with Crippen molar-refractivity contribution in [3.63, 3.8) is 0 Å². The summed E-state index contributed by atoms with van der Waals surface area (Å²) in [5.41, 5.74) is 4.08. The fourth-order valence-electron chi connectivity index (χ4n) is 3.72. The van der Waals surface area contributed by atoms with Crippen LogP contribution in [-0.2, 0) is 4.79 Å². The van der Waals surface area contributed by atoms with Gasteiger partial charge in [0, 0.05) is 23.6 Å². The zero-order chi connectivity index (χ0) is 17.6. The number of aromatic nitrogens is 2. The Kier molecular flexibility index (Phi) is 4.00. The highest BCUT2D eigenvalue weighted by atomic mass is 32.2. The van der Waals surface area contributed by atoms with Crippen LogP contribution in [0.2, 0.25) is 0 Å². The lowest BCUT2D eigenvalue weighted by atomic mass is 9.76. The zero-order valence-electron chi connectivity index (χ0n) is 14.2. The number of Topliss-reactive ketones (excluding diaryl/α,β-unsaturated/α-hetero) is 1. The van der Waals surface area contributed by atoms with Gasteiger partial charge in [-0.25, -0.2) is 4.98 Å². The molecule has 2 N–H and O–H groups in total. The van der Waals surface area contributed by atoms with Gasteiger partial charge in [0.15, 0.2) is 10.9 Å².